The monoisotopic (exact) mass is 479 g/mol. The van der Waals surface area contributed by atoms with Crippen molar-refractivity contribution in [2.24, 2.45) is 17.8 Å². The van der Waals surface area contributed by atoms with Gasteiger partial charge in [-0.3, -0.25) is 0 Å². The summed E-state index contributed by atoms with van der Waals surface area (Å²) in [5.41, 5.74) is 0. The van der Waals surface area contributed by atoms with Gasteiger partial charge in [0.15, 0.2) is 0 Å². The second-order valence-electron chi connectivity index (χ2n) is 12.4. The molecule has 0 heteroatoms. The Bertz CT molecular complexity index is 359. The van der Waals surface area contributed by atoms with Gasteiger partial charge in [-0.05, 0) is 17.8 Å². The van der Waals surface area contributed by atoms with Crippen molar-refractivity contribution in [2.75, 3.05) is 0 Å². The Kier molecular flexibility index (Phi) is 27.6. The van der Waals surface area contributed by atoms with E-state index in [4.69, 9.17) is 0 Å². The largest absolute Gasteiger partial charge is 0.0654 e. The topological polar surface area (TPSA) is 0 Å². The van der Waals surface area contributed by atoms with Crippen LogP contribution in [0.25, 0.3) is 0 Å². The molecule has 0 aliphatic carbocycles. The Labute approximate surface area is 219 Å². The molecule has 34 heavy (non-hydrogen) atoms. The molecule has 206 valence electrons. The molecule has 3 atom stereocenters. The van der Waals surface area contributed by atoms with E-state index in [2.05, 4.69) is 34.6 Å². The van der Waals surface area contributed by atoms with Gasteiger partial charge in [0, 0.05) is 0 Å². The summed E-state index contributed by atoms with van der Waals surface area (Å²) < 4.78 is 0. The first-order valence-electron chi connectivity index (χ1n) is 16.6. The molecule has 0 spiro atoms. The van der Waals surface area contributed by atoms with Crippen molar-refractivity contribution in [3.05, 3.63) is 0 Å². The second kappa shape index (κ2) is 27.6. The molecule has 0 bridgehead atoms. The molecule has 0 fully saturated rings. The molecule has 0 radical (unpaired) electrons. The van der Waals surface area contributed by atoms with E-state index >= 15 is 0 Å². The molecule has 0 amide bonds. The van der Waals surface area contributed by atoms with E-state index < -0.39 is 0 Å². The molecule has 0 aromatic rings. The summed E-state index contributed by atoms with van der Waals surface area (Å²) in [5, 5.41) is 0. The molecule has 0 N–H and O–H groups in total. The van der Waals surface area contributed by atoms with Crippen LogP contribution >= 0.6 is 0 Å². The zero-order valence-corrected chi connectivity index (χ0v) is 25.1. The van der Waals surface area contributed by atoms with Crippen molar-refractivity contribution in [1.82, 2.24) is 0 Å². The van der Waals surface area contributed by atoms with Gasteiger partial charge in [-0.15, -0.1) is 0 Å². The highest BCUT2D eigenvalue weighted by Gasteiger charge is 2.08. The van der Waals surface area contributed by atoms with Crippen LogP contribution in [0.15, 0.2) is 0 Å². The van der Waals surface area contributed by atoms with Crippen molar-refractivity contribution in [1.29, 1.82) is 0 Å². The summed E-state index contributed by atoms with van der Waals surface area (Å²) in [5.74, 6) is 2.85. The Morgan fingerprint density at radius 3 is 0.735 bits per heavy atom. The maximum Gasteiger partial charge on any atom is -0.0443 e. The van der Waals surface area contributed by atoms with E-state index in [-0.39, 0.29) is 0 Å². The summed E-state index contributed by atoms with van der Waals surface area (Å²) in [6, 6.07) is 0. The molecular formula is C34H70. The zero-order chi connectivity index (χ0) is 25.1. The highest BCUT2D eigenvalue weighted by Crippen LogP contribution is 2.23. The predicted molar refractivity (Wildman–Crippen MR) is 159 cm³/mol. The first-order valence-corrected chi connectivity index (χ1v) is 16.6. The quantitative estimate of drug-likeness (QED) is 0.0980. The number of hydrogen-bond acceptors (Lipinski definition) is 0. The van der Waals surface area contributed by atoms with Crippen molar-refractivity contribution >= 4 is 0 Å². The molecule has 0 aromatic carbocycles. The summed E-state index contributed by atoms with van der Waals surface area (Å²) >= 11 is 0. The van der Waals surface area contributed by atoms with Gasteiger partial charge < -0.3 is 0 Å². The van der Waals surface area contributed by atoms with Crippen LogP contribution in [-0.4, -0.2) is 0 Å². The third-order valence-corrected chi connectivity index (χ3v) is 8.39. The molecule has 0 rings (SSSR count). The van der Waals surface area contributed by atoms with Gasteiger partial charge in [0.2, 0.25) is 0 Å². The van der Waals surface area contributed by atoms with Crippen LogP contribution in [0.3, 0.4) is 0 Å². The Morgan fingerprint density at radius 2 is 0.471 bits per heavy atom. The predicted octanol–water partition coefficient (Wildman–Crippen LogP) is 13.1. The van der Waals surface area contributed by atoms with Crippen molar-refractivity contribution in [2.45, 2.75) is 202 Å². The van der Waals surface area contributed by atoms with Crippen LogP contribution in [0, 0.1) is 17.8 Å². The fourth-order valence-electron chi connectivity index (χ4n) is 5.67. The Hall–Kier alpha value is 0. The lowest BCUT2D eigenvalue weighted by Gasteiger charge is -2.16. The lowest BCUT2D eigenvalue weighted by Crippen LogP contribution is -2.01. The fourth-order valence-corrected chi connectivity index (χ4v) is 5.67. The van der Waals surface area contributed by atoms with Gasteiger partial charge in [0.1, 0.15) is 0 Å². The molecular weight excluding hydrogens is 408 g/mol. The second-order valence-corrected chi connectivity index (χ2v) is 12.4. The fraction of sp³-hybridized carbons (Fsp3) is 1.00. The lowest BCUT2D eigenvalue weighted by atomic mass is 9.90. The average Bonchev–Trinajstić information content (AvgIpc) is 2.82. The van der Waals surface area contributed by atoms with Gasteiger partial charge in [-0.2, -0.15) is 0 Å². The van der Waals surface area contributed by atoms with Crippen LogP contribution in [0.5, 0.6) is 0 Å². The maximum absolute atomic E-state index is 2.51. The molecule has 0 nitrogen and oxygen atoms in total. The molecule has 0 saturated carbocycles. The molecule has 0 aliphatic heterocycles. The van der Waals surface area contributed by atoms with Crippen molar-refractivity contribution in [3.63, 3.8) is 0 Å². The lowest BCUT2D eigenvalue weighted by molar-refractivity contribution is 0.373. The van der Waals surface area contributed by atoms with Crippen LogP contribution in [0.1, 0.15) is 202 Å². The minimum absolute atomic E-state index is 0.945. The van der Waals surface area contributed by atoms with E-state index in [1.54, 1.807) is 0 Å². The molecule has 0 aromatic heterocycles. The van der Waals surface area contributed by atoms with E-state index in [9.17, 15) is 0 Å². The average molecular weight is 479 g/mol. The number of rotatable bonds is 28. The molecule has 0 aliphatic rings. The minimum atomic E-state index is 0.945. The maximum atomic E-state index is 2.51. The SMILES string of the molecule is CCCCCCCCCCCCCCC(C)CCCC(C)CCCC(C)CCCCCCCC. The molecule has 0 heterocycles. The normalized spacial score (nSPS) is 14.4. The molecule has 3 unspecified atom stereocenters. The number of hydrogen-bond donors (Lipinski definition) is 0. The molecule has 0 saturated heterocycles. The summed E-state index contributed by atoms with van der Waals surface area (Å²) in [7, 11) is 0. The van der Waals surface area contributed by atoms with Gasteiger partial charge in [-0.25, -0.2) is 0 Å². The van der Waals surface area contributed by atoms with Gasteiger partial charge in [0.25, 0.3) is 0 Å². The van der Waals surface area contributed by atoms with Gasteiger partial charge in [-0.1, -0.05) is 202 Å². The Balaban J connectivity index is 3.38. The highest BCUT2D eigenvalue weighted by atomic mass is 14.1. The first-order chi connectivity index (χ1) is 16.6. The van der Waals surface area contributed by atoms with Crippen LogP contribution in [-0.2, 0) is 0 Å². The smallest absolute Gasteiger partial charge is 0.0443 e. The van der Waals surface area contributed by atoms with Crippen LogP contribution < -0.4 is 0 Å². The van der Waals surface area contributed by atoms with Crippen molar-refractivity contribution < 1.29 is 0 Å². The van der Waals surface area contributed by atoms with E-state index in [0.29, 0.717) is 0 Å². The third kappa shape index (κ3) is 26.6. The van der Waals surface area contributed by atoms with Gasteiger partial charge >= 0.3 is 0 Å². The third-order valence-electron chi connectivity index (χ3n) is 8.39. The minimum Gasteiger partial charge on any atom is -0.0654 e. The van der Waals surface area contributed by atoms with Gasteiger partial charge in [0.05, 0.1) is 0 Å². The summed E-state index contributed by atoms with van der Waals surface area (Å²) in [6.45, 7) is 12.1. The van der Waals surface area contributed by atoms with E-state index in [1.165, 1.54) is 167 Å². The first kappa shape index (κ1) is 34.0. The standard InChI is InChI=1S/C34H70/c1-6-8-10-12-14-15-16-17-18-19-21-23-27-33(4)29-25-31-34(5)30-24-28-32(3)26-22-20-13-11-9-7-2/h32-34H,6-31H2,1-5H3. The summed E-state index contributed by atoms with van der Waals surface area (Å²) in [6.07, 6.45) is 38.0. The highest BCUT2D eigenvalue weighted by molar-refractivity contribution is 4.61. The van der Waals surface area contributed by atoms with Crippen LogP contribution in [0.2, 0.25) is 0 Å². The Morgan fingerprint density at radius 1 is 0.265 bits per heavy atom. The van der Waals surface area contributed by atoms with E-state index in [0.717, 1.165) is 17.8 Å². The van der Waals surface area contributed by atoms with Crippen LogP contribution in [0.4, 0.5) is 0 Å². The summed E-state index contributed by atoms with van der Waals surface area (Å²) in [4.78, 5) is 0. The van der Waals surface area contributed by atoms with Crippen molar-refractivity contribution in [3.8, 4) is 0 Å². The number of unbranched alkanes of at least 4 members (excludes halogenated alkanes) is 16. The van der Waals surface area contributed by atoms with E-state index in [1.807, 2.05) is 0 Å². The zero-order valence-electron chi connectivity index (χ0n) is 25.1.